The molecule has 3 rings (SSSR count). The molecule has 0 aliphatic carbocycles. The summed E-state index contributed by atoms with van der Waals surface area (Å²) in [5.41, 5.74) is 3.81. The van der Waals surface area contributed by atoms with Gasteiger partial charge in [0.2, 0.25) is 5.91 Å². The zero-order valence-corrected chi connectivity index (χ0v) is 19.4. The van der Waals surface area contributed by atoms with Crippen LogP contribution in [0.5, 0.6) is 0 Å². The van der Waals surface area contributed by atoms with Gasteiger partial charge in [-0.25, -0.2) is 13.4 Å². The Hall–Kier alpha value is -2.22. The van der Waals surface area contributed by atoms with Crippen LogP contribution in [0.4, 0.5) is 5.69 Å². The molecule has 0 radical (unpaired) electrons. The van der Waals surface area contributed by atoms with E-state index >= 15 is 0 Å². The molecule has 1 heterocycles. The number of nitrogens with zero attached hydrogens (tertiary/aromatic N) is 1. The van der Waals surface area contributed by atoms with Gasteiger partial charge in [0.05, 0.1) is 11.4 Å². The Morgan fingerprint density at radius 3 is 2.57 bits per heavy atom. The Morgan fingerprint density at radius 2 is 1.90 bits per heavy atom. The first kappa shape index (κ1) is 22.5. The zero-order chi connectivity index (χ0) is 21.9. The Bertz CT molecular complexity index is 1160. The molecule has 1 amide bonds. The van der Waals surface area contributed by atoms with Crippen molar-refractivity contribution in [2.24, 2.45) is 0 Å². The third-order valence-corrected chi connectivity index (χ3v) is 8.28. The van der Waals surface area contributed by atoms with E-state index < -0.39 is 21.0 Å². The Balaban J connectivity index is 1.71. The van der Waals surface area contributed by atoms with E-state index in [1.807, 2.05) is 24.3 Å². The lowest BCUT2D eigenvalue weighted by atomic mass is 10.1. The van der Waals surface area contributed by atoms with E-state index in [4.69, 9.17) is 11.6 Å². The average Bonchev–Trinajstić information content (AvgIpc) is 3.18. The van der Waals surface area contributed by atoms with E-state index in [-0.39, 0.29) is 5.75 Å². The largest absolute Gasteiger partial charge is 0.325 e. The molecule has 1 atom stereocenters. The van der Waals surface area contributed by atoms with Crippen molar-refractivity contribution in [3.63, 3.8) is 0 Å². The van der Waals surface area contributed by atoms with E-state index in [1.165, 1.54) is 23.8 Å². The fourth-order valence-electron chi connectivity index (χ4n) is 2.86. The summed E-state index contributed by atoms with van der Waals surface area (Å²) in [6.07, 6.45) is 0.955. The highest BCUT2D eigenvalue weighted by Gasteiger charge is 2.29. The molecule has 158 valence electrons. The van der Waals surface area contributed by atoms with Crippen LogP contribution in [0.2, 0.25) is 5.02 Å². The first-order chi connectivity index (χ1) is 14.2. The Labute approximate surface area is 186 Å². The number of hydrogen-bond donors (Lipinski definition) is 1. The standard InChI is InChI=1S/C22H23ClN2O3S2/c1-4-16-8-10-17(11-9-16)22-24-18(12-29-22)13-30(27,28)15(3)21(26)25-20-7-5-6-19(23)14(20)2/h5-12,15H,4,13H2,1-3H3,(H,25,26). The van der Waals surface area contributed by atoms with E-state index in [9.17, 15) is 13.2 Å². The summed E-state index contributed by atoms with van der Waals surface area (Å²) in [5.74, 6) is -0.884. The molecule has 2 aromatic carbocycles. The summed E-state index contributed by atoms with van der Waals surface area (Å²) in [7, 11) is -3.74. The van der Waals surface area contributed by atoms with Crippen LogP contribution in [0.25, 0.3) is 10.6 Å². The maximum absolute atomic E-state index is 12.8. The average molecular weight is 463 g/mol. The summed E-state index contributed by atoms with van der Waals surface area (Å²) in [4.78, 5) is 17.0. The van der Waals surface area contributed by atoms with Gasteiger partial charge in [0, 0.05) is 21.7 Å². The maximum atomic E-state index is 12.8. The van der Waals surface area contributed by atoms with Gasteiger partial charge in [0.15, 0.2) is 9.84 Å². The maximum Gasteiger partial charge on any atom is 0.242 e. The van der Waals surface area contributed by atoms with Gasteiger partial charge in [-0.1, -0.05) is 48.9 Å². The molecule has 0 bridgehead atoms. The van der Waals surface area contributed by atoms with Crippen molar-refractivity contribution in [2.75, 3.05) is 5.32 Å². The third-order valence-electron chi connectivity index (χ3n) is 4.94. The number of carbonyl (C=O) groups excluding carboxylic acids is 1. The molecule has 0 saturated heterocycles. The second-order valence-electron chi connectivity index (χ2n) is 7.05. The number of aromatic nitrogens is 1. The fraction of sp³-hybridized carbons (Fsp3) is 0.273. The minimum Gasteiger partial charge on any atom is -0.325 e. The van der Waals surface area contributed by atoms with Crippen LogP contribution < -0.4 is 5.32 Å². The number of sulfone groups is 1. The number of benzene rings is 2. The van der Waals surface area contributed by atoms with Crippen LogP contribution in [0, 0.1) is 6.92 Å². The molecule has 5 nitrogen and oxygen atoms in total. The predicted octanol–water partition coefficient (Wildman–Crippen LogP) is 5.28. The van der Waals surface area contributed by atoms with Gasteiger partial charge in [-0.2, -0.15) is 0 Å². The van der Waals surface area contributed by atoms with E-state index in [0.29, 0.717) is 22.0 Å². The van der Waals surface area contributed by atoms with Crippen LogP contribution in [0.1, 0.15) is 30.7 Å². The van der Waals surface area contributed by atoms with Crippen molar-refractivity contribution in [3.05, 3.63) is 69.7 Å². The van der Waals surface area contributed by atoms with Crippen molar-refractivity contribution < 1.29 is 13.2 Å². The van der Waals surface area contributed by atoms with Crippen LogP contribution in [-0.4, -0.2) is 24.6 Å². The van der Waals surface area contributed by atoms with Gasteiger partial charge < -0.3 is 5.32 Å². The number of halogens is 1. The summed E-state index contributed by atoms with van der Waals surface area (Å²) in [6, 6.07) is 13.2. The molecule has 0 spiro atoms. The molecule has 30 heavy (non-hydrogen) atoms. The first-order valence-electron chi connectivity index (χ1n) is 9.52. The molecule has 0 aliphatic heterocycles. The van der Waals surface area contributed by atoms with Crippen molar-refractivity contribution in [1.82, 2.24) is 4.98 Å². The normalized spacial score (nSPS) is 12.5. The lowest BCUT2D eigenvalue weighted by Gasteiger charge is -2.14. The van der Waals surface area contributed by atoms with Gasteiger partial charge in [-0.15, -0.1) is 11.3 Å². The molecule has 1 unspecified atom stereocenters. The van der Waals surface area contributed by atoms with E-state index in [0.717, 1.165) is 17.0 Å². The monoisotopic (exact) mass is 462 g/mol. The highest BCUT2D eigenvalue weighted by atomic mass is 35.5. The van der Waals surface area contributed by atoms with Gasteiger partial charge in [0.25, 0.3) is 0 Å². The Kier molecular flexibility index (Phi) is 6.95. The van der Waals surface area contributed by atoms with Crippen LogP contribution >= 0.6 is 22.9 Å². The first-order valence-corrected chi connectivity index (χ1v) is 12.5. The van der Waals surface area contributed by atoms with Crippen LogP contribution in [0.15, 0.2) is 47.8 Å². The number of rotatable bonds is 7. The molecule has 1 aromatic heterocycles. The molecule has 8 heteroatoms. The quantitative estimate of drug-likeness (QED) is 0.518. The van der Waals surface area contributed by atoms with Gasteiger partial charge in [0.1, 0.15) is 10.3 Å². The number of aryl methyl sites for hydroxylation is 1. The summed E-state index contributed by atoms with van der Waals surface area (Å²) in [5, 5.41) is 4.44. The predicted molar refractivity (Wildman–Crippen MR) is 124 cm³/mol. The molecular weight excluding hydrogens is 440 g/mol. The summed E-state index contributed by atoms with van der Waals surface area (Å²) >= 11 is 7.46. The number of carbonyl (C=O) groups is 1. The second kappa shape index (κ2) is 9.29. The van der Waals surface area contributed by atoms with Crippen LogP contribution in [-0.2, 0) is 26.8 Å². The lowest BCUT2D eigenvalue weighted by Crippen LogP contribution is -2.33. The van der Waals surface area contributed by atoms with Crippen molar-refractivity contribution in [2.45, 2.75) is 38.2 Å². The fourth-order valence-corrected chi connectivity index (χ4v) is 5.16. The smallest absolute Gasteiger partial charge is 0.242 e. The minimum atomic E-state index is -3.74. The molecule has 1 N–H and O–H groups in total. The topological polar surface area (TPSA) is 76.1 Å². The third kappa shape index (κ3) is 5.09. The van der Waals surface area contributed by atoms with Crippen molar-refractivity contribution in [3.8, 4) is 10.6 Å². The number of thiazole rings is 1. The molecule has 0 saturated carbocycles. The highest BCUT2D eigenvalue weighted by molar-refractivity contribution is 7.92. The van der Waals surface area contributed by atoms with Gasteiger partial charge >= 0.3 is 0 Å². The number of anilines is 1. The van der Waals surface area contributed by atoms with Crippen LogP contribution in [0.3, 0.4) is 0 Å². The SMILES string of the molecule is CCc1ccc(-c2nc(CS(=O)(=O)C(C)C(=O)Nc3cccc(Cl)c3C)cs2)cc1. The van der Waals surface area contributed by atoms with Gasteiger partial charge in [-0.05, 0) is 43.5 Å². The lowest BCUT2D eigenvalue weighted by molar-refractivity contribution is -0.115. The number of nitrogens with one attached hydrogen (secondary N) is 1. The van der Waals surface area contributed by atoms with Crippen molar-refractivity contribution >= 4 is 44.4 Å². The Morgan fingerprint density at radius 1 is 1.20 bits per heavy atom. The zero-order valence-electron chi connectivity index (χ0n) is 17.0. The van der Waals surface area contributed by atoms with Crippen molar-refractivity contribution in [1.29, 1.82) is 0 Å². The molecule has 0 fully saturated rings. The van der Waals surface area contributed by atoms with Gasteiger partial charge in [-0.3, -0.25) is 4.79 Å². The van der Waals surface area contributed by atoms with E-state index in [1.54, 1.807) is 30.5 Å². The molecule has 0 aliphatic rings. The highest BCUT2D eigenvalue weighted by Crippen LogP contribution is 2.26. The minimum absolute atomic E-state index is 0.292. The number of hydrogen-bond acceptors (Lipinski definition) is 5. The second-order valence-corrected chi connectivity index (χ2v) is 10.6. The molecule has 3 aromatic rings. The van der Waals surface area contributed by atoms with E-state index in [2.05, 4.69) is 17.2 Å². The summed E-state index contributed by atoms with van der Waals surface area (Å²) in [6.45, 7) is 5.24. The molecular formula is C22H23ClN2O3S2. The summed E-state index contributed by atoms with van der Waals surface area (Å²) < 4.78 is 25.6. The number of amides is 1.